The van der Waals surface area contributed by atoms with Gasteiger partial charge in [-0.1, -0.05) is 55.5 Å². The van der Waals surface area contributed by atoms with Gasteiger partial charge in [-0.15, -0.1) is 0 Å². The molecule has 1 aliphatic rings. The van der Waals surface area contributed by atoms with Gasteiger partial charge in [0.1, 0.15) is 5.88 Å². The molecule has 0 spiro atoms. The van der Waals surface area contributed by atoms with Crippen LogP contribution in [0.3, 0.4) is 0 Å². The van der Waals surface area contributed by atoms with Crippen LogP contribution in [0.5, 0.6) is 0 Å². The van der Waals surface area contributed by atoms with Crippen LogP contribution in [-0.2, 0) is 41.5 Å². The maximum atomic E-state index is 13.5. The summed E-state index contributed by atoms with van der Waals surface area (Å²) < 4.78 is 68.3. The van der Waals surface area contributed by atoms with Gasteiger partial charge < -0.3 is 20.3 Å². The fourth-order valence-electron chi connectivity index (χ4n) is 5.25. The van der Waals surface area contributed by atoms with Crippen LogP contribution >= 0.6 is 0 Å². The van der Waals surface area contributed by atoms with Crippen molar-refractivity contribution in [3.05, 3.63) is 101 Å². The summed E-state index contributed by atoms with van der Waals surface area (Å²) in [5.74, 6) is -0.702. The van der Waals surface area contributed by atoms with Crippen molar-refractivity contribution in [2.24, 2.45) is 0 Å². The maximum Gasteiger partial charge on any atom is 0.416 e. The number of aryl methyl sites for hydroxylation is 1. The number of sulfonamides is 1. The Morgan fingerprint density at radius 3 is 2.52 bits per heavy atom. The zero-order valence-electron chi connectivity index (χ0n) is 22.8. The predicted molar refractivity (Wildman–Crippen MR) is 154 cm³/mol. The number of halogens is 3. The van der Waals surface area contributed by atoms with E-state index in [1.807, 2.05) is 37.3 Å². The molecule has 0 radical (unpaired) electrons. The Bertz CT molecular complexity index is 1710. The highest BCUT2D eigenvalue weighted by molar-refractivity contribution is 7.91. The first-order valence-electron chi connectivity index (χ1n) is 13.5. The van der Waals surface area contributed by atoms with Crippen molar-refractivity contribution in [2.75, 3.05) is 11.3 Å². The van der Waals surface area contributed by atoms with Gasteiger partial charge in [-0.3, -0.25) is 9.52 Å². The number of nitrogens with zero attached hydrogens (tertiary/aromatic N) is 1. The number of amides is 1. The Hall–Kier alpha value is -3.87. The number of carbonyl (C=O) groups is 1. The fraction of sp³-hybridized carbons (Fsp3) is 0.300. The molecule has 1 amide bonds. The average molecular weight is 601 g/mol. The number of aromatic nitrogens is 1. The quantitative estimate of drug-likeness (QED) is 0.215. The molecule has 0 fully saturated rings. The van der Waals surface area contributed by atoms with Crippen LogP contribution in [0.15, 0.2) is 72.9 Å². The number of nitrogens with one attached hydrogen (secondary N) is 3. The molecule has 1 aromatic heterocycles. The van der Waals surface area contributed by atoms with Crippen LogP contribution in [0, 0.1) is 0 Å². The van der Waals surface area contributed by atoms with Gasteiger partial charge in [-0.05, 0) is 47.7 Å². The Labute approximate surface area is 241 Å². The Balaban J connectivity index is 1.35. The molecule has 3 aromatic carbocycles. The van der Waals surface area contributed by atoms with Crippen molar-refractivity contribution in [1.29, 1.82) is 0 Å². The van der Waals surface area contributed by atoms with Gasteiger partial charge in [-0.25, -0.2) is 8.42 Å². The van der Waals surface area contributed by atoms with Gasteiger partial charge in [0.15, 0.2) is 0 Å². The molecule has 2 atom stereocenters. The van der Waals surface area contributed by atoms with Crippen molar-refractivity contribution < 1.29 is 31.5 Å². The zero-order chi connectivity index (χ0) is 30.1. The molecule has 12 heteroatoms. The first-order valence-corrected chi connectivity index (χ1v) is 15.1. The van der Waals surface area contributed by atoms with E-state index in [0.29, 0.717) is 23.2 Å². The van der Waals surface area contributed by atoms with E-state index in [1.165, 1.54) is 12.1 Å². The highest BCUT2D eigenvalue weighted by atomic mass is 32.2. The first-order chi connectivity index (χ1) is 19.9. The topological polar surface area (TPSA) is 112 Å². The highest BCUT2D eigenvalue weighted by Crippen LogP contribution is 2.34. The lowest BCUT2D eigenvalue weighted by atomic mass is 9.99. The number of benzene rings is 3. The second-order valence-corrected chi connectivity index (χ2v) is 12.1. The predicted octanol–water partition coefficient (Wildman–Crippen LogP) is 4.43. The SMILES string of the molecule is CCc1cn2c3c(cc(C(=O)N[C@@H](Cc4ccccc4)[C@H](O)CNCc4cccc(C(F)(F)F)c4)cc13)NS(=O)(=O)C2. The summed E-state index contributed by atoms with van der Waals surface area (Å²) in [7, 11) is -3.63. The van der Waals surface area contributed by atoms with Crippen LogP contribution in [0.1, 0.15) is 39.5 Å². The Kier molecular flexibility index (Phi) is 8.31. The lowest BCUT2D eigenvalue weighted by Gasteiger charge is -2.25. The standard InChI is InChI=1S/C30H31F3N4O4S/c1-2-21-17-37-18-42(40,41)36-26-14-22(13-24(21)28(26)37)29(39)35-25(12-19-7-4-3-5-8-19)27(38)16-34-15-20-9-6-10-23(11-20)30(31,32)33/h3-11,13-14,17,25,27,34,36,38H,2,12,15-16,18H2,1H3,(H,35,39)/t25-,27+/m0/s1. The van der Waals surface area contributed by atoms with E-state index < -0.39 is 39.8 Å². The van der Waals surface area contributed by atoms with Gasteiger partial charge in [0.05, 0.1) is 28.9 Å². The Morgan fingerprint density at radius 2 is 1.81 bits per heavy atom. The summed E-state index contributed by atoms with van der Waals surface area (Å²) in [6, 6.07) is 16.7. The second kappa shape index (κ2) is 11.8. The number of hydrogen-bond donors (Lipinski definition) is 4. The molecule has 8 nitrogen and oxygen atoms in total. The number of anilines is 1. The summed E-state index contributed by atoms with van der Waals surface area (Å²) in [6.07, 6.45) is -2.83. The third-order valence-electron chi connectivity index (χ3n) is 7.29. The third-order valence-corrected chi connectivity index (χ3v) is 8.44. The molecule has 42 heavy (non-hydrogen) atoms. The zero-order valence-corrected chi connectivity index (χ0v) is 23.6. The third kappa shape index (κ3) is 6.61. The average Bonchev–Trinajstić information content (AvgIpc) is 3.29. The van der Waals surface area contributed by atoms with E-state index in [4.69, 9.17) is 0 Å². The first kappa shape index (κ1) is 29.6. The van der Waals surface area contributed by atoms with Crippen molar-refractivity contribution >= 4 is 32.5 Å². The van der Waals surface area contributed by atoms with Crippen LogP contribution in [-0.4, -0.2) is 42.7 Å². The van der Waals surface area contributed by atoms with Gasteiger partial charge in [0.25, 0.3) is 15.9 Å². The minimum atomic E-state index is -4.46. The van der Waals surface area contributed by atoms with E-state index in [2.05, 4.69) is 15.4 Å². The maximum absolute atomic E-state index is 13.5. The number of rotatable bonds is 10. The second-order valence-electron chi connectivity index (χ2n) is 10.4. The lowest BCUT2D eigenvalue weighted by Crippen LogP contribution is -2.48. The van der Waals surface area contributed by atoms with Crippen molar-refractivity contribution in [3.63, 3.8) is 0 Å². The van der Waals surface area contributed by atoms with E-state index in [0.717, 1.165) is 28.6 Å². The molecular formula is C30H31F3N4O4S. The van der Waals surface area contributed by atoms with E-state index in [1.54, 1.807) is 22.9 Å². The summed E-state index contributed by atoms with van der Waals surface area (Å²) >= 11 is 0. The molecule has 0 saturated carbocycles. The van der Waals surface area contributed by atoms with Gasteiger partial charge in [0.2, 0.25) is 0 Å². The van der Waals surface area contributed by atoms with Gasteiger partial charge >= 0.3 is 6.18 Å². The van der Waals surface area contributed by atoms with Crippen LogP contribution in [0.4, 0.5) is 18.9 Å². The number of aliphatic hydroxyl groups excluding tert-OH is 1. The fourth-order valence-corrected chi connectivity index (χ4v) is 6.38. The highest BCUT2D eigenvalue weighted by Gasteiger charge is 2.31. The van der Waals surface area contributed by atoms with Crippen molar-refractivity contribution in [1.82, 2.24) is 15.2 Å². The van der Waals surface area contributed by atoms with Gasteiger partial charge in [-0.2, -0.15) is 13.2 Å². The van der Waals surface area contributed by atoms with Crippen LogP contribution in [0.25, 0.3) is 10.9 Å². The lowest BCUT2D eigenvalue weighted by molar-refractivity contribution is -0.137. The van der Waals surface area contributed by atoms with E-state index >= 15 is 0 Å². The van der Waals surface area contributed by atoms with E-state index in [-0.39, 0.29) is 31.0 Å². The van der Waals surface area contributed by atoms with Crippen molar-refractivity contribution in [3.8, 4) is 0 Å². The summed E-state index contributed by atoms with van der Waals surface area (Å²) in [5.41, 5.74) is 2.67. The normalized spacial score (nSPS) is 15.6. The largest absolute Gasteiger partial charge is 0.416 e. The minimum Gasteiger partial charge on any atom is -0.390 e. The van der Waals surface area contributed by atoms with Crippen LogP contribution < -0.4 is 15.4 Å². The molecule has 4 N–H and O–H groups in total. The summed E-state index contributed by atoms with van der Waals surface area (Å²) in [6.45, 7) is 2.04. The molecule has 1 aliphatic heterocycles. The molecule has 0 bridgehead atoms. The molecule has 5 rings (SSSR count). The van der Waals surface area contributed by atoms with E-state index in [9.17, 15) is 31.5 Å². The molecular weight excluding hydrogens is 569 g/mol. The number of alkyl halides is 3. The molecule has 0 aliphatic carbocycles. The summed E-state index contributed by atoms with van der Waals surface area (Å²) in [4.78, 5) is 13.5. The number of hydrogen-bond acceptors (Lipinski definition) is 5. The number of aliphatic hydroxyl groups is 1. The molecule has 0 saturated heterocycles. The monoisotopic (exact) mass is 600 g/mol. The van der Waals surface area contributed by atoms with Crippen molar-refractivity contribution in [2.45, 2.75) is 50.5 Å². The minimum absolute atomic E-state index is 0.000936. The van der Waals surface area contributed by atoms with Gasteiger partial charge in [0, 0.05) is 30.2 Å². The van der Waals surface area contributed by atoms with Crippen LogP contribution in [0.2, 0.25) is 0 Å². The molecule has 2 heterocycles. The molecule has 4 aromatic rings. The molecule has 222 valence electrons. The smallest absolute Gasteiger partial charge is 0.390 e. The Morgan fingerprint density at radius 1 is 1.07 bits per heavy atom. The molecule has 0 unspecified atom stereocenters. The summed E-state index contributed by atoms with van der Waals surface area (Å²) in [5, 5.41) is 17.8. The number of carbonyl (C=O) groups excluding carboxylic acids is 1.